The van der Waals surface area contributed by atoms with Gasteiger partial charge < -0.3 is 5.11 Å². The summed E-state index contributed by atoms with van der Waals surface area (Å²) in [5.74, 6) is -1.33. The lowest BCUT2D eigenvalue weighted by molar-refractivity contribution is -0.139. The number of carbonyl (C=O) groups is 2. The summed E-state index contributed by atoms with van der Waals surface area (Å²) >= 11 is 0. The second-order valence-electron chi connectivity index (χ2n) is 2.89. The zero-order valence-electron chi connectivity index (χ0n) is 7.73. The van der Waals surface area contributed by atoms with E-state index in [0.29, 0.717) is 0 Å². The molecule has 2 unspecified atom stereocenters. The Morgan fingerprint density at radius 1 is 1.29 bits per heavy atom. The minimum absolute atomic E-state index is 0.00719. The van der Waals surface area contributed by atoms with Crippen molar-refractivity contribution in [3.05, 3.63) is 30.3 Å². The second kappa shape index (κ2) is 4.87. The SMILES string of the molecule is CC(=O)C(Pc1ccccc1)C(=O)O. The quantitative estimate of drug-likeness (QED) is 0.596. The average molecular weight is 210 g/mol. The molecule has 74 valence electrons. The molecule has 4 heteroatoms. The number of carboxylic acids is 1. The molecular weight excluding hydrogens is 199 g/mol. The maximum Gasteiger partial charge on any atom is 0.318 e. The van der Waals surface area contributed by atoms with Gasteiger partial charge in [-0.1, -0.05) is 38.9 Å². The summed E-state index contributed by atoms with van der Waals surface area (Å²) in [6.45, 7) is 1.31. The summed E-state index contributed by atoms with van der Waals surface area (Å²) in [6.07, 6.45) is 0. The maximum absolute atomic E-state index is 11.0. The number of ketones is 1. The van der Waals surface area contributed by atoms with Crippen molar-refractivity contribution in [3.63, 3.8) is 0 Å². The van der Waals surface area contributed by atoms with Gasteiger partial charge in [0.1, 0.15) is 11.4 Å². The summed E-state index contributed by atoms with van der Waals surface area (Å²) in [6, 6.07) is 9.19. The van der Waals surface area contributed by atoms with E-state index in [4.69, 9.17) is 5.11 Å². The standard InChI is InChI=1S/C10H11O3P/c1-7(11)9(10(12)13)14-8-5-3-2-4-6-8/h2-6,9,14H,1H3,(H,12,13). The minimum Gasteiger partial charge on any atom is -0.480 e. The van der Waals surface area contributed by atoms with E-state index < -0.39 is 11.6 Å². The van der Waals surface area contributed by atoms with Gasteiger partial charge in [0.25, 0.3) is 0 Å². The van der Waals surface area contributed by atoms with Crippen molar-refractivity contribution in [2.75, 3.05) is 0 Å². The molecule has 1 aromatic rings. The van der Waals surface area contributed by atoms with Gasteiger partial charge in [0.15, 0.2) is 0 Å². The predicted octanol–water partition coefficient (Wildman–Crippen LogP) is 1.03. The largest absolute Gasteiger partial charge is 0.480 e. The first-order valence-electron chi connectivity index (χ1n) is 4.16. The fraction of sp³-hybridized carbons (Fsp3) is 0.200. The van der Waals surface area contributed by atoms with Crippen LogP contribution in [0.15, 0.2) is 30.3 Å². The van der Waals surface area contributed by atoms with Crippen LogP contribution in [0.2, 0.25) is 0 Å². The van der Waals surface area contributed by atoms with Crippen LogP contribution in [0.1, 0.15) is 6.92 Å². The van der Waals surface area contributed by atoms with Crippen molar-refractivity contribution >= 4 is 25.6 Å². The summed E-state index contributed by atoms with van der Waals surface area (Å²) in [5.41, 5.74) is -0.891. The van der Waals surface area contributed by atoms with Crippen LogP contribution in [-0.4, -0.2) is 22.5 Å². The van der Waals surface area contributed by atoms with Gasteiger partial charge in [0.2, 0.25) is 0 Å². The average Bonchev–Trinajstić information content (AvgIpc) is 2.15. The number of hydrogen-bond donors (Lipinski definition) is 1. The van der Waals surface area contributed by atoms with E-state index in [0.717, 1.165) is 5.30 Å². The highest BCUT2D eigenvalue weighted by molar-refractivity contribution is 7.50. The molecule has 0 aliphatic rings. The van der Waals surface area contributed by atoms with Crippen LogP contribution in [0.4, 0.5) is 0 Å². The number of benzene rings is 1. The van der Waals surface area contributed by atoms with E-state index >= 15 is 0 Å². The lowest BCUT2D eigenvalue weighted by Gasteiger charge is -2.08. The van der Waals surface area contributed by atoms with Crippen molar-refractivity contribution in [2.24, 2.45) is 0 Å². The van der Waals surface area contributed by atoms with Crippen molar-refractivity contribution < 1.29 is 14.7 Å². The monoisotopic (exact) mass is 210 g/mol. The fourth-order valence-electron chi connectivity index (χ4n) is 1.04. The molecule has 0 bridgehead atoms. The Balaban J connectivity index is 2.75. The van der Waals surface area contributed by atoms with Gasteiger partial charge in [-0.2, -0.15) is 0 Å². The smallest absolute Gasteiger partial charge is 0.318 e. The number of rotatable bonds is 4. The summed E-state index contributed by atoms with van der Waals surface area (Å²) in [5, 5.41) is 9.69. The van der Waals surface area contributed by atoms with Crippen LogP contribution in [0, 0.1) is 0 Å². The van der Waals surface area contributed by atoms with E-state index in [1.165, 1.54) is 6.92 Å². The normalized spacial score (nSPS) is 12.9. The molecule has 0 radical (unpaired) electrons. The Morgan fingerprint density at radius 3 is 2.29 bits per heavy atom. The van der Waals surface area contributed by atoms with Gasteiger partial charge in [-0.3, -0.25) is 9.59 Å². The topological polar surface area (TPSA) is 54.4 Å². The zero-order chi connectivity index (χ0) is 10.6. The molecule has 0 spiro atoms. The number of carbonyl (C=O) groups excluding carboxylic acids is 1. The van der Waals surface area contributed by atoms with Crippen LogP contribution in [0.25, 0.3) is 0 Å². The molecule has 1 rings (SSSR count). The third-order valence-corrected chi connectivity index (χ3v) is 3.35. The molecule has 0 saturated heterocycles. The molecule has 0 amide bonds. The number of aliphatic carboxylic acids is 1. The third kappa shape index (κ3) is 2.93. The Kier molecular flexibility index (Phi) is 3.78. The lowest BCUT2D eigenvalue weighted by atomic mass is 10.3. The summed E-state index contributed by atoms with van der Waals surface area (Å²) < 4.78 is 0. The maximum atomic E-state index is 11.0. The number of hydrogen-bond acceptors (Lipinski definition) is 2. The molecule has 0 aromatic heterocycles. The highest BCUT2D eigenvalue weighted by Crippen LogP contribution is 2.19. The minimum atomic E-state index is -1.04. The second-order valence-corrected chi connectivity index (χ2v) is 4.34. The first-order chi connectivity index (χ1) is 6.61. The van der Waals surface area contributed by atoms with Crippen LogP contribution < -0.4 is 5.30 Å². The van der Waals surface area contributed by atoms with E-state index in [1.807, 2.05) is 30.3 Å². The predicted molar refractivity (Wildman–Crippen MR) is 56.5 cm³/mol. The van der Waals surface area contributed by atoms with Crippen molar-refractivity contribution in [2.45, 2.75) is 12.6 Å². The van der Waals surface area contributed by atoms with Crippen LogP contribution >= 0.6 is 8.58 Å². The van der Waals surface area contributed by atoms with E-state index in [9.17, 15) is 9.59 Å². The molecular formula is C10H11O3P. The summed E-state index contributed by atoms with van der Waals surface area (Å²) in [4.78, 5) is 21.7. The number of carboxylic acid groups (broad SMARTS) is 1. The van der Waals surface area contributed by atoms with Gasteiger partial charge in [0, 0.05) is 0 Å². The fourth-order valence-corrected chi connectivity index (χ4v) is 2.08. The van der Waals surface area contributed by atoms with Gasteiger partial charge in [-0.15, -0.1) is 0 Å². The zero-order valence-corrected chi connectivity index (χ0v) is 8.73. The van der Waals surface area contributed by atoms with Crippen LogP contribution in [0.5, 0.6) is 0 Å². The lowest BCUT2D eigenvalue weighted by Crippen LogP contribution is -2.25. The van der Waals surface area contributed by atoms with E-state index in [-0.39, 0.29) is 14.4 Å². The third-order valence-electron chi connectivity index (χ3n) is 1.74. The molecule has 1 aromatic carbocycles. The highest BCUT2D eigenvalue weighted by Gasteiger charge is 2.22. The van der Waals surface area contributed by atoms with Crippen LogP contribution in [-0.2, 0) is 9.59 Å². The van der Waals surface area contributed by atoms with E-state index in [1.54, 1.807) is 0 Å². The van der Waals surface area contributed by atoms with Crippen molar-refractivity contribution in [3.8, 4) is 0 Å². The molecule has 2 atom stereocenters. The molecule has 0 heterocycles. The van der Waals surface area contributed by atoms with Crippen molar-refractivity contribution in [1.82, 2.24) is 0 Å². The Hall–Kier alpha value is -1.21. The Bertz CT molecular complexity index is 320. The van der Waals surface area contributed by atoms with Gasteiger partial charge in [-0.25, -0.2) is 0 Å². The van der Waals surface area contributed by atoms with Gasteiger partial charge >= 0.3 is 5.97 Å². The summed E-state index contributed by atoms with van der Waals surface area (Å²) in [7, 11) is 0.00719. The Labute approximate surface area is 83.9 Å². The molecule has 0 aliphatic carbocycles. The molecule has 0 saturated carbocycles. The molecule has 3 nitrogen and oxygen atoms in total. The number of Topliss-reactive ketones (excluding diaryl/α,β-unsaturated/α-hetero) is 1. The van der Waals surface area contributed by atoms with Gasteiger partial charge in [0.05, 0.1) is 0 Å². The highest BCUT2D eigenvalue weighted by atomic mass is 31.1. The van der Waals surface area contributed by atoms with Crippen molar-refractivity contribution in [1.29, 1.82) is 0 Å². The van der Waals surface area contributed by atoms with Crippen LogP contribution in [0.3, 0.4) is 0 Å². The first-order valence-corrected chi connectivity index (χ1v) is 5.24. The van der Waals surface area contributed by atoms with Gasteiger partial charge in [-0.05, 0) is 12.2 Å². The molecule has 0 fully saturated rings. The first kappa shape index (κ1) is 10.9. The Morgan fingerprint density at radius 2 is 1.86 bits per heavy atom. The van der Waals surface area contributed by atoms with E-state index in [2.05, 4.69) is 0 Å². The molecule has 14 heavy (non-hydrogen) atoms. The molecule has 1 N–H and O–H groups in total. The molecule has 0 aliphatic heterocycles.